The van der Waals surface area contributed by atoms with E-state index in [1.165, 1.54) is 5.56 Å². The number of primary amides is 1. The summed E-state index contributed by atoms with van der Waals surface area (Å²) in [6, 6.07) is 5.86. The van der Waals surface area contributed by atoms with Crippen molar-refractivity contribution in [2.45, 2.75) is 25.4 Å². The molecule has 0 heterocycles. The number of rotatable bonds is 2. The molecule has 0 bridgehead atoms. The van der Waals surface area contributed by atoms with Crippen LogP contribution in [0.4, 0.5) is 4.79 Å². The van der Waals surface area contributed by atoms with E-state index in [4.69, 9.17) is 15.2 Å². The fourth-order valence-electron chi connectivity index (χ4n) is 2.12. The highest BCUT2D eigenvalue weighted by atomic mass is 16.6. The molecule has 16 heavy (non-hydrogen) atoms. The number of hydrogen-bond donors (Lipinski definition) is 1. The summed E-state index contributed by atoms with van der Waals surface area (Å²) in [5.74, 6) is 0.777. The Hall–Kier alpha value is -1.71. The monoisotopic (exact) mass is 221 g/mol. The van der Waals surface area contributed by atoms with E-state index in [1.807, 2.05) is 18.2 Å². The first-order valence-electron chi connectivity index (χ1n) is 5.33. The molecule has 4 nitrogen and oxygen atoms in total. The van der Waals surface area contributed by atoms with Crippen molar-refractivity contribution in [1.82, 2.24) is 0 Å². The Labute approximate surface area is 94.3 Å². The number of carbonyl (C=O) groups is 1. The van der Waals surface area contributed by atoms with E-state index in [9.17, 15) is 4.79 Å². The molecule has 0 radical (unpaired) electrons. The fourth-order valence-corrected chi connectivity index (χ4v) is 2.12. The Balaban J connectivity index is 2.31. The van der Waals surface area contributed by atoms with Crippen molar-refractivity contribution in [3.05, 3.63) is 29.3 Å². The molecule has 0 saturated heterocycles. The maximum atomic E-state index is 10.8. The molecule has 2 rings (SSSR count). The highest BCUT2D eigenvalue weighted by Gasteiger charge is 2.23. The topological polar surface area (TPSA) is 61.6 Å². The molecule has 1 aromatic carbocycles. The molecule has 1 atom stereocenters. The predicted molar refractivity (Wildman–Crippen MR) is 59.3 cm³/mol. The Morgan fingerprint density at radius 1 is 1.50 bits per heavy atom. The van der Waals surface area contributed by atoms with Crippen LogP contribution in [0, 0.1) is 0 Å². The second-order valence-corrected chi connectivity index (χ2v) is 3.88. The van der Waals surface area contributed by atoms with Gasteiger partial charge in [0.1, 0.15) is 11.9 Å². The molecular formula is C12H15NO3. The summed E-state index contributed by atoms with van der Waals surface area (Å²) in [5, 5.41) is 0. The van der Waals surface area contributed by atoms with Crippen LogP contribution in [0.15, 0.2) is 18.2 Å². The van der Waals surface area contributed by atoms with Gasteiger partial charge in [-0.05, 0) is 42.5 Å². The van der Waals surface area contributed by atoms with Gasteiger partial charge in [-0.1, -0.05) is 6.07 Å². The van der Waals surface area contributed by atoms with Crippen LogP contribution in [-0.4, -0.2) is 13.2 Å². The number of carbonyl (C=O) groups excluding carboxylic acids is 1. The van der Waals surface area contributed by atoms with E-state index < -0.39 is 6.09 Å². The van der Waals surface area contributed by atoms with E-state index >= 15 is 0 Å². The molecule has 1 aliphatic carbocycles. The molecule has 0 fully saturated rings. The third kappa shape index (κ3) is 2.10. The lowest BCUT2D eigenvalue weighted by atomic mass is 9.89. The van der Waals surface area contributed by atoms with Crippen LogP contribution in [0.5, 0.6) is 5.75 Å². The molecule has 0 aliphatic heterocycles. The van der Waals surface area contributed by atoms with Crippen molar-refractivity contribution in [2.75, 3.05) is 7.11 Å². The van der Waals surface area contributed by atoms with Gasteiger partial charge >= 0.3 is 6.09 Å². The summed E-state index contributed by atoms with van der Waals surface area (Å²) >= 11 is 0. The molecule has 0 spiro atoms. The van der Waals surface area contributed by atoms with Crippen molar-refractivity contribution in [3.8, 4) is 5.75 Å². The number of amides is 1. The first-order chi connectivity index (χ1) is 7.70. The van der Waals surface area contributed by atoms with Crippen LogP contribution in [-0.2, 0) is 11.2 Å². The summed E-state index contributed by atoms with van der Waals surface area (Å²) in [6.45, 7) is 0. The smallest absolute Gasteiger partial charge is 0.405 e. The minimum atomic E-state index is -0.722. The Morgan fingerprint density at radius 2 is 2.31 bits per heavy atom. The zero-order chi connectivity index (χ0) is 11.5. The fraction of sp³-hybridized carbons (Fsp3) is 0.417. The van der Waals surface area contributed by atoms with Gasteiger partial charge in [-0.2, -0.15) is 0 Å². The molecular weight excluding hydrogens is 206 g/mol. The predicted octanol–water partition coefficient (Wildman–Crippen LogP) is 2.17. The molecule has 4 heteroatoms. The van der Waals surface area contributed by atoms with Crippen molar-refractivity contribution in [1.29, 1.82) is 0 Å². The zero-order valence-corrected chi connectivity index (χ0v) is 9.23. The van der Waals surface area contributed by atoms with Gasteiger partial charge in [-0.3, -0.25) is 0 Å². The molecule has 0 aromatic heterocycles. The Morgan fingerprint density at radius 3 is 3.00 bits per heavy atom. The van der Waals surface area contributed by atoms with Gasteiger partial charge in [0, 0.05) is 0 Å². The quantitative estimate of drug-likeness (QED) is 0.832. The van der Waals surface area contributed by atoms with Crippen LogP contribution in [0.3, 0.4) is 0 Å². The van der Waals surface area contributed by atoms with Gasteiger partial charge in [-0.15, -0.1) is 0 Å². The van der Waals surface area contributed by atoms with Crippen LogP contribution in [0.1, 0.15) is 30.1 Å². The zero-order valence-electron chi connectivity index (χ0n) is 9.23. The highest BCUT2D eigenvalue weighted by Crippen LogP contribution is 2.34. The lowest BCUT2D eigenvalue weighted by molar-refractivity contribution is 0.0957. The largest absolute Gasteiger partial charge is 0.497 e. The minimum Gasteiger partial charge on any atom is -0.497 e. The number of ether oxygens (including phenoxy) is 2. The standard InChI is InChI=1S/C12H15NO3/c1-15-9-6-5-8-3-2-4-11(10(8)7-9)16-12(13)14/h5-7,11H,2-4H2,1H3,(H2,13,14). The lowest BCUT2D eigenvalue weighted by Crippen LogP contribution is -2.20. The molecule has 1 aliphatic rings. The molecule has 1 aromatic rings. The van der Waals surface area contributed by atoms with Crippen LogP contribution < -0.4 is 10.5 Å². The van der Waals surface area contributed by atoms with Crippen LogP contribution >= 0.6 is 0 Å². The first kappa shape index (κ1) is 10.8. The third-order valence-corrected chi connectivity index (χ3v) is 2.87. The average molecular weight is 221 g/mol. The number of hydrogen-bond acceptors (Lipinski definition) is 3. The van der Waals surface area contributed by atoms with Gasteiger partial charge in [-0.25, -0.2) is 4.79 Å². The summed E-state index contributed by atoms with van der Waals surface area (Å²) < 4.78 is 10.3. The summed E-state index contributed by atoms with van der Waals surface area (Å²) in [4.78, 5) is 10.8. The maximum absolute atomic E-state index is 10.8. The minimum absolute atomic E-state index is 0.226. The number of methoxy groups -OCH3 is 1. The van der Waals surface area contributed by atoms with Gasteiger partial charge < -0.3 is 15.2 Å². The van der Waals surface area contributed by atoms with Crippen molar-refractivity contribution in [3.63, 3.8) is 0 Å². The van der Waals surface area contributed by atoms with E-state index in [2.05, 4.69) is 0 Å². The Bertz CT molecular complexity index is 403. The normalized spacial score (nSPS) is 18.7. The van der Waals surface area contributed by atoms with Crippen LogP contribution in [0.25, 0.3) is 0 Å². The molecule has 0 saturated carbocycles. The molecule has 86 valence electrons. The van der Waals surface area contributed by atoms with Gasteiger partial charge in [0.05, 0.1) is 7.11 Å². The second-order valence-electron chi connectivity index (χ2n) is 3.88. The van der Waals surface area contributed by atoms with Gasteiger partial charge in [0.25, 0.3) is 0 Å². The van der Waals surface area contributed by atoms with Crippen molar-refractivity contribution >= 4 is 6.09 Å². The van der Waals surface area contributed by atoms with E-state index in [1.54, 1.807) is 7.11 Å². The maximum Gasteiger partial charge on any atom is 0.405 e. The second kappa shape index (κ2) is 4.43. The first-order valence-corrected chi connectivity index (χ1v) is 5.33. The SMILES string of the molecule is COc1ccc2c(c1)C(OC(N)=O)CCC2. The lowest BCUT2D eigenvalue weighted by Gasteiger charge is -2.25. The van der Waals surface area contributed by atoms with Crippen LogP contribution in [0.2, 0.25) is 0 Å². The highest BCUT2D eigenvalue weighted by molar-refractivity contribution is 5.65. The molecule has 2 N–H and O–H groups in total. The number of aryl methyl sites for hydroxylation is 1. The third-order valence-electron chi connectivity index (χ3n) is 2.87. The van der Waals surface area contributed by atoms with E-state index in [0.29, 0.717) is 0 Å². The summed E-state index contributed by atoms with van der Waals surface area (Å²) in [7, 11) is 1.62. The number of fused-ring (bicyclic) bond motifs is 1. The summed E-state index contributed by atoms with van der Waals surface area (Å²) in [5.41, 5.74) is 7.28. The van der Waals surface area contributed by atoms with Gasteiger partial charge in [0.15, 0.2) is 0 Å². The van der Waals surface area contributed by atoms with E-state index in [0.717, 1.165) is 30.6 Å². The number of nitrogens with two attached hydrogens (primary N) is 1. The van der Waals surface area contributed by atoms with Gasteiger partial charge in [0.2, 0.25) is 0 Å². The summed E-state index contributed by atoms with van der Waals surface area (Å²) in [6.07, 6.45) is 1.90. The van der Waals surface area contributed by atoms with E-state index in [-0.39, 0.29) is 6.10 Å². The molecule has 1 amide bonds. The Kier molecular flexibility index (Phi) is 2.99. The van der Waals surface area contributed by atoms with Crippen molar-refractivity contribution < 1.29 is 14.3 Å². The van der Waals surface area contributed by atoms with Crippen molar-refractivity contribution in [2.24, 2.45) is 5.73 Å². The average Bonchev–Trinajstić information content (AvgIpc) is 2.28. The molecule has 1 unspecified atom stereocenters. The number of benzene rings is 1.